The predicted octanol–water partition coefficient (Wildman–Crippen LogP) is 2.42. The summed E-state index contributed by atoms with van der Waals surface area (Å²) in [4.78, 5) is 11.7. The molecule has 0 aromatic carbocycles. The Bertz CT molecular complexity index is 315. The average molecular weight is 269 g/mol. The minimum atomic E-state index is -0.678. The van der Waals surface area contributed by atoms with Crippen molar-refractivity contribution in [1.29, 1.82) is 0 Å². The van der Waals surface area contributed by atoms with Gasteiger partial charge in [-0.05, 0) is 43.9 Å². The second-order valence-corrected chi connectivity index (χ2v) is 6.54. The molecule has 0 radical (unpaired) electrons. The van der Waals surface area contributed by atoms with E-state index < -0.39 is 11.5 Å². The van der Waals surface area contributed by atoms with Gasteiger partial charge in [0.15, 0.2) is 0 Å². The van der Waals surface area contributed by atoms with Crippen LogP contribution >= 0.6 is 0 Å². The lowest BCUT2D eigenvalue weighted by Crippen LogP contribution is -2.55. The van der Waals surface area contributed by atoms with Crippen molar-refractivity contribution in [2.45, 2.75) is 64.0 Å². The number of carboxylic acids is 1. The maximum Gasteiger partial charge on any atom is 0.324 e. The van der Waals surface area contributed by atoms with E-state index in [9.17, 15) is 9.90 Å². The summed E-state index contributed by atoms with van der Waals surface area (Å²) in [6.07, 6.45) is 5.92. The van der Waals surface area contributed by atoms with E-state index in [2.05, 4.69) is 19.2 Å². The Morgan fingerprint density at radius 2 is 2.16 bits per heavy atom. The van der Waals surface area contributed by atoms with Crippen molar-refractivity contribution in [2.24, 2.45) is 11.8 Å². The highest BCUT2D eigenvalue weighted by Gasteiger charge is 2.50. The zero-order chi connectivity index (χ0) is 13.9. The predicted molar refractivity (Wildman–Crippen MR) is 74.1 cm³/mol. The van der Waals surface area contributed by atoms with E-state index in [1.54, 1.807) is 0 Å². The van der Waals surface area contributed by atoms with Gasteiger partial charge in [0.05, 0.1) is 0 Å². The van der Waals surface area contributed by atoms with Crippen LogP contribution in [0.15, 0.2) is 0 Å². The molecule has 0 aliphatic heterocycles. The van der Waals surface area contributed by atoms with Crippen molar-refractivity contribution in [1.82, 2.24) is 5.32 Å². The number of carboxylic acid groups (broad SMARTS) is 1. The first kappa shape index (κ1) is 14.8. The van der Waals surface area contributed by atoms with E-state index in [1.807, 2.05) is 0 Å². The number of hydrogen-bond acceptors (Lipinski definition) is 3. The second kappa shape index (κ2) is 6.23. The largest absolute Gasteiger partial charge is 0.480 e. The summed E-state index contributed by atoms with van der Waals surface area (Å²) in [5.74, 6) is 0.0981. The third-order valence-corrected chi connectivity index (χ3v) is 4.30. The summed E-state index contributed by atoms with van der Waals surface area (Å²) in [6.45, 7) is 5.71. The lowest BCUT2D eigenvalue weighted by atomic mass is 9.84. The summed E-state index contributed by atoms with van der Waals surface area (Å²) in [6, 6.07) is 0.438. The Hall–Kier alpha value is -0.610. The van der Waals surface area contributed by atoms with Crippen LogP contribution in [0.1, 0.15) is 52.4 Å². The van der Waals surface area contributed by atoms with Crippen LogP contribution in [0.2, 0.25) is 0 Å². The molecule has 4 heteroatoms. The van der Waals surface area contributed by atoms with Crippen molar-refractivity contribution < 1.29 is 14.6 Å². The maximum atomic E-state index is 11.7. The van der Waals surface area contributed by atoms with Crippen molar-refractivity contribution in [3.63, 3.8) is 0 Å². The van der Waals surface area contributed by atoms with E-state index in [4.69, 9.17) is 4.74 Å². The number of hydrogen-bond donors (Lipinski definition) is 2. The topological polar surface area (TPSA) is 58.6 Å². The molecule has 0 saturated heterocycles. The van der Waals surface area contributed by atoms with Gasteiger partial charge in [-0.15, -0.1) is 0 Å². The van der Waals surface area contributed by atoms with Crippen LogP contribution in [-0.2, 0) is 9.53 Å². The van der Waals surface area contributed by atoms with Gasteiger partial charge in [-0.1, -0.05) is 20.3 Å². The zero-order valence-electron chi connectivity index (χ0n) is 12.2. The summed E-state index contributed by atoms with van der Waals surface area (Å²) in [7, 11) is 0. The van der Waals surface area contributed by atoms with Crippen molar-refractivity contribution in [3.8, 4) is 0 Å². The van der Waals surface area contributed by atoms with Gasteiger partial charge >= 0.3 is 5.97 Å². The van der Waals surface area contributed by atoms with Gasteiger partial charge in [0.1, 0.15) is 5.54 Å². The normalized spacial score (nSPS) is 31.0. The Morgan fingerprint density at radius 3 is 2.74 bits per heavy atom. The standard InChI is InChI=1S/C15H27NO3/c1-11(2)10-19-9-7-12-4-3-8-15(12,14(17)18)16-13-5-6-13/h11-13,16H,3-10H2,1-2H3,(H,17,18). The van der Waals surface area contributed by atoms with Crippen LogP contribution < -0.4 is 5.32 Å². The lowest BCUT2D eigenvalue weighted by Gasteiger charge is -2.32. The molecule has 2 aliphatic carbocycles. The summed E-state index contributed by atoms with van der Waals surface area (Å²) in [5.41, 5.74) is -0.678. The quantitative estimate of drug-likeness (QED) is 0.664. The third-order valence-electron chi connectivity index (χ3n) is 4.30. The van der Waals surface area contributed by atoms with Gasteiger partial charge in [0, 0.05) is 19.3 Å². The molecule has 0 amide bonds. The number of nitrogens with one attached hydrogen (secondary N) is 1. The smallest absolute Gasteiger partial charge is 0.324 e. The molecular formula is C15H27NO3. The van der Waals surface area contributed by atoms with Gasteiger partial charge in [-0.25, -0.2) is 0 Å². The van der Waals surface area contributed by atoms with Gasteiger partial charge in [0.25, 0.3) is 0 Å². The Labute approximate surface area is 115 Å². The fraction of sp³-hybridized carbons (Fsp3) is 0.933. The van der Waals surface area contributed by atoms with Crippen molar-refractivity contribution in [2.75, 3.05) is 13.2 Å². The Balaban J connectivity index is 1.87. The third kappa shape index (κ3) is 3.69. The fourth-order valence-electron chi connectivity index (χ4n) is 3.14. The van der Waals surface area contributed by atoms with Gasteiger partial charge in [-0.2, -0.15) is 0 Å². The molecule has 0 bridgehead atoms. The number of ether oxygens (including phenoxy) is 1. The van der Waals surface area contributed by atoms with E-state index in [0.717, 1.165) is 45.1 Å². The first-order valence-corrected chi connectivity index (χ1v) is 7.63. The van der Waals surface area contributed by atoms with Gasteiger partial charge in [0.2, 0.25) is 0 Å². The Morgan fingerprint density at radius 1 is 1.42 bits per heavy atom. The van der Waals surface area contributed by atoms with E-state index >= 15 is 0 Å². The highest BCUT2D eigenvalue weighted by molar-refractivity contribution is 5.80. The number of carbonyl (C=O) groups is 1. The highest BCUT2D eigenvalue weighted by Crippen LogP contribution is 2.40. The molecular weight excluding hydrogens is 242 g/mol. The van der Waals surface area contributed by atoms with E-state index in [0.29, 0.717) is 18.6 Å². The monoisotopic (exact) mass is 269 g/mol. The van der Waals surface area contributed by atoms with Crippen LogP contribution in [0.25, 0.3) is 0 Å². The van der Waals surface area contributed by atoms with Crippen LogP contribution in [0.5, 0.6) is 0 Å². The van der Waals surface area contributed by atoms with Crippen LogP contribution in [0.3, 0.4) is 0 Å². The zero-order valence-corrected chi connectivity index (χ0v) is 12.2. The molecule has 2 aliphatic rings. The maximum absolute atomic E-state index is 11.7. The molecule has 2 fully saturated rings. The molecule has 4 nitrogen and oxygen atoms in total. The molecule has 2 atom stereocenters. The molecule has 2 rings (SSSR count). The minimum Gasteiger partial charge on any atom is -0.480 e. The summed E-state index contributed by atoms with van der Waals surface area (Å²) in [5, 5.41) is 13.1. The van der Waals surface area contributed by atoms with Gasteiger partial charge in [-0.3, -0.25) is 10.1 Å². The molecule has 0 aromatic rings. The van der Waals surface area contributed by atoms with Gasteiger partial charge < -0.3 is 9.84 Å². The molecule has 2 saturated carbocycles. The van der Waals surface area contributed by atoms with Crippen molar-refractivity contribution in [3.05, 3.63) is 0 Å². The molecule has 2 unspecified atom stereocenters. The van der Waals surface area contributed by atoms with E-state index in [1.165, 1.54) is 0 Å². The number of rotatable bonds is 8. The Kier molecular flexibility index (Phi) is 4.85. The fourth-order valence-corrected chi connectivity index (χ4v) is 3.14. The average Bonchev–Trinajstić information content (AvgIpc) is 3.04. The number of aliphatic carboxylic acids is 1. The summed E-state index contributed by atoms with van der Waals surface area (Å²) >= 11 is 0. The first-order valence-electron chi connectivity index (χ1n) is 7.63. The molecule has 2 N–H and O–H groups in total. The first-order chi connectivity index (χ1) is 9.04. The molecule has 110 valence electrons. The summed E-state index contributed by atoms with van der Waals surface area (Å²) < 4.78 is 5.63. The SMILES string of the molecule is CC(C)COCCC1CCCC1(NC1CC1)C(=O)O. The van der Waals surface area contributed by atoms with Crippen LogP contribution in [0.4, 0.5) is 0 Å². The minimum absolute atomic E-state index is 0.220. The van der Waals surface area contributed by atoms with Crippen LogP contribution in [0, 0.1) is 11.8 Å². The van der Waals surface area contributed by atoms with Crippen molar-refractivity contribution >= 4 is 5.97 Å². The molecule has 19 heavy (non-hydrogen) atoms. The molecule has 0 spiro atoms. The lowest BCUT2D eigenvalue weighted by molar-refractivity contribution is -0.147. The molecule has 0 heterocycles. The van der Waals surface area contributed by atoms with Crippen LogP contribution in [-0.4, -0.2) is 35.9 Å². The highest BCUT2D eigenvalue weighted by atomic mass is 16.5. The molecule has 0 aromatic heterocycles. The second-order valence-electron chi connectivity index (χ2n) is 6.54. The van der Waals surface area contributed by atoms with E-state index in [-0.39, 0.29) is 5.92 Å².